The van der Waals surface area contributed by atoms with Gasteiger partial charge in [-0.2, -0.15) is 0 Å². The molecule has 0 bridgehead atoms. The van der Waals surface area contributed by atoms with Gasteiger partial charge < -0.3 is 0 Å². The van der Waals surface area contributed by atoms with Crippen LogP contribution in [0.25, 0.3) is 11.1 Å². The molecule has 0 fully saturated rings. The smallest absolute Gasteiger partial charge is 0.0230 e. The second-order valence-electron chi connectivity index (χ2n) is 3.33. The van der Waals surface area contributed by atoms with Crippen LogP contribution in [-0.4, -0.2) is 0 Å². The SMILES string of the molecule is C=C(C)c1ccc(C(C)=CC)cc1. The van der Waals surface area contributed by atoms with Gasteiger partial charge in [0.25, 0.3) is 0 Å². The molecule has 1 aromatic carbocycles. The predicted octanol–water partition coefficient (Wildman–Crippen LogP) is 4.14. The van der Waals surface area contributed by atoms with Crippen molar-refractivity contribution in [1.29, 1.82) is 0 Å². The zero-order valence-corrected chi connectivity index (χ0v) is 8.59. The molecule has 1 rings (SSSR count). The summed E-state index contributed by atoms with van der Waals surface area (Å²) in [4.78, 5) is 0. The molecule has 0 saturated carbocycles. The molecular formula is C13H16. The zero-order chi connectivity index (χ0) is 9.84. The van der Waals surface area contributed by atoms with Gasteiger partial charge in [-0.3, -0.25) is 0 Å². The summed E-state index contributed by atoms with van der Waals surface area (Å²) in [5, 5.41) is 0. The Morgan fingerprint density at radius 2 is 1.54 bits per heavy atom. The van der Waals surface area contributed by atoms with Crippen molar-refractivity contribution in [3.63, 3.8) is 0 Å². The Bertz CT molecular complexity index is 326. The lowest BCUT2D eigenvalue weighted by Crippen LogP contribution is -1.81. The minimum absolute atomic E-state index is 1.12. The number of allylic oxidation sites excluding steroid dienone is 3. The van der Waals surface area contributed by atoms with Crippen molar-refractivity contribution < 1.29 is 0 Å². The normalized spacial score (nSPS) is 11.5. The summed E-state index contributed by atoms with van der Waals surface area (Å²) in [5.74, 6) is 0. The monoisotopic (exact) mass is 172 g/mol. The Labute approximate surface area is 80.6 Å². The molecule has 0 atom stereocenters. The first-order valence-corrected chi connectivity index (χ1v) is 4.54. The molecule has 0 saturated heterocycles. The molecule has 68 valence electrons. The van der Waals surface area contributed by atoms with Gasteiger partial charge in [0, 0.05) is 0 Å². The Hall–Kier alpha value is -1.30. The second kappa shape index (κ2) is 4.08. The van der Waals surface area contributed by atoms with Crippen molar-refractivity contribution >= 4 is 11.1 Å². The van der Waals surface area contributed by atoms with Crippen molar-refractivity contribution in [1.82, 2.24) is 0 Å². The van der Waals surface area contributed by atoms with E-state index in [1.54, 1.807) is 0 Å². The van der Waals surface area contributed by atoms with Crippen LogP contribution in [-0.2, 0) is 0 Å². The molecular weight excluding hydrogens is 156 g/mol. The molecule has 0 nitrogen and oxygen atoms in total. The molecule has 0 amide bonds. The first-order chi connectivity index (χ1) is 6.15. The van der Waals surface area contributed by atoms with E-state index >= 15 is 0 Å². The molecule has 0 aliphatic rings. The highest BCUT2D eigenvalue weighted by atomic mass is 14.0. The Balaban J connectivity index is 3.00. The Morgan fingerprint density at radius 3 is 1.92 bits per heavy atom. The van der Waals surface area contributed by atoms with Crippen LogP contribution in [0.2, 0.25) is 0 Å². The van der Waals surface area contributed by atoms with Gasteiger partial charge in [0.05, 0.1) is 0 Å². The van der Waals surface area contributed by atoms with Crippen molar-refractivity contribution in [2.45, 2.75) is 20.8 Å². The summed E-state index contributed by atoms with van der Waals surface area (Å²) >= 11 is 0. The molecule has 0 spiro atoms. The van der Waals surface area contributed by atoms with E-state index in [1.165, 1.54) is 16.7 Å². The highest BCUT2D eigenvalue weighted by Crippen LogP contribution is 2.17. The third-order valence-corrected chi connectivity index (χ3v) is 2.27. The molecule has 0 aliphatic heterocycles. The summed E-state index contributed by atoms with van der Waals surface area (Å²) in [5.41, 5.74) is 4.93. The van der Waals surface area contributed by atoms with Crippen molar-refractivity contribution in [2.24, 2.45) is 0 Å². The maximum Gasteiger partial charge on any atom is -0.0230 e. The average Bonchev–Trinajstić information content (AvgIpc) is 2.17. The lowest BCUT2D eigenvalue weighted by atomic mass is 10.0. The van der Waals surface area contributed by atoms with Gasteiger partial charge in [-0.15, -0.1) is 0 Å². The van der Waals surface area contributed by atoms with Gasteiger partial charge >= 0.3 is 0 Å². The van der Waals surface area contributed by atoms with E-state index in [9.17, 15) is 0 Å². The molecule has 0 unspecified atom stereocenters. The van der Waals surface area contributed by atoms with Gasteiger partial charge in [0.15, 0.2) is 0 Å². The minimum Gasteiger partial charge on any atom is -0.0955 e. The molecule has 0 aromatic heterocycles. The standard InChI is InChI=1S/C13H16/c1-5-11(4)13-8-6-12(7-9-13)10(2)3/h5-9H,2H2,1,3-4H3. The number of benzene rings is 1. The summed E-state index contributed by atoms with van der Waals surface area (Å²) < 4.78 is 0. The molecule has 13 heavy (non-hydrogen) atoms. The van der Waals surface area contributed by atoms with E-state index in [0.717, 1.165) is 5.57 Å². The Kier molecular flexibility index (Phi) is 3.07. The van der Waals surface area contributed by atoms with Gasteiger partial charge in [0.1, 0.15) is 0 Å². The van der Waals surface area contributed by atoms with E-state index in [2.05, 4.69) is 50.8 Å². The number of hydrogen-bond acceptors (Lipinski definition) is 0. The molecule has 0 aliphatic carbocycles. The summed E-state index contributed by atoms with van der Waals surface area (Å²) in [6.45, 7) is 10.1. The van der Waals surface area contributed by atoms with E-state index in [-0.39, 0.29) is 0 Å². The third-order valence-electron chi connectivity index (χ3n) is 2.27. The van der Waals surface area contributed by atoms with E-state index in [0.29, 0.717) is 0 Å². The number of rotatable bonds is 2. The minimum atomic E-state index is 1.12. The van der Waals surface area contributed by atoms with E-state index in [4.69, 9.17) is 0 Å². The topological polar surface area (TPSA) is 0 Å². The van der Waals surface area contributed by atoms with Crippen LogP contribution in [0.15, 0.2) is 36.9 Å². The predicted molar refractivity (Wildman–Crippen MR) is 60.5 cm³/mol. The van der Waals surface area contributed by atoms with E-state index in [1.807, 2.05) is 6.92 Å². The van der Waals surface area contributed by atoms with Crippen LogP contribution in [0.3, 0.4) is 0 Å². The van der Waals surface area contributed by atoms with Crippen LogP contribution < -0.4 is 0 Å². The quantitative estimate of drug-likeness (QED) is 0.629. The summed E-state index contributed by atoms with van der Waals surface area (Å²) in [7, 11) is 0. The largest absolute Gasteiger partial charge is 0.0955 e. The van der Waals surface area contributed by atoms with Crippen molar-refractivity contribution in [2.75, 3.05) is 0 Å². The molecule has 0 radical (unpaired) electrons. The van der Waals surface area contributed by atoms with E-state index < -0.39 is 0 Å². The maximum absolute atomic E-state index is 3.91. The van der Waals surface area contributed by atoms with Crippen molar-refractivity contribution in [3.8, 4) is 0 Å². The maximum atomic E-state index is 3.91. The molecule has 0 heteroatoms. The fraction of sp³-hybridized carbons (Fsp3) is 0.231. The summed E-state index contributed by atoms with van der Waals surface area (Å²) in [6.07, 6.45) is 2.12. The highest BCUT2D eigenvalue weighted by Gasteiger charge is 1.95. The molecule has 0 heterocycles. The Morgan fingerprint density at radius 1 is 1.08 bits per heavy atom. The number of hydrogen-bond donors (Lipinski definition) is 0. The highest BCUT2D eigenvalue weighted by molar-refractivity contribution is 5.67. The van der Waals surface area contributed by atoms with Crippen LogP contribution >= 0.6 is 0 Å². The summed E-state index contributed by atoms with van der Waals surface area (Å²) in [6, 6.07) is 8.51. The van der Waals surface area contributed by atoms with Crippen LogP contribution in [0.4, 0.5) is 0 Å². The lowest BCUT2D eigenvalue weighted by molar-refractivity contribution is 1.50. The van der Waals surface area contributed by atoms with Gasteiger partial charge in [-0.1, -0.05) is 42.5 Å². The fourth-order valence-electron chi connectivity index (χ4n) is 1.18. The lowest BCUT2D eigenvalue weighted by Gasteiger charge is -2.03. The van der Waals surface area contributed by atoms with Crippen LogP contribution in [0.5, 0.6) is 0 Å². The fourth-order valence-corrected chi connectivity index (χ4v) is 1.18. The van der Waals surface area contributed by atoms with Gasteiger partial charge in [-0.05, 0) is 37.5 Å². The van der Waals surface area contributed by atoms with Crippen molar-refractivity contribution in [3.05, 3.63) is 48.0 Å². The zero-order valence-electron chi connectivity index (χ0n) is 8.59. The first kappa shape index (κ1) is 9.79. The molecule has 1 aromatic rings. The average molecular weight is 172 g/mol. The van der Waals surface area contributed by atoms with Gasteiger partial charge in [-0.25, -0.2) is 0 Å². The second-order valence-corrected chi connectivity index (χ2v) is 3.33. The first-order valence-electron chi connectivity index (χ1n) is 4.54. The van der Waals surface area contributed by atoms with Crippen LogP contribution in [0.1, 0.15) is 31.9 Å². The van der Waals surface area contributed by atoms with Gasteiger partial charge in [0.2, 0.25) is 0 Å². The third kappa shape index (κ3) is 2.32. The van der Waals surface area contributed by atoms with Crippen LogP contribution in [0, 0.1) is 0 Å². The molecule has 0 N–H and O–H groups in total.